The Hall–Kier alpha value is -0.680. The van der Waals surface area contributed by atoms with Gasteiger partial charge in [0.2, 0.25) is 5.13 Å². The Balaban J connectivity index is 1.42. The molecule has 4 nitrogen and oxygen atoms in total. The zero-order valence-electron chi connectivity index (χ0n) is 9.65. The van der Waals surface area contributed by atoms with Crippen molar-refractivity contribution in [3.63, 3.8) is 0 Å². The summed E-state index contributed by atoms with van der Waals surface area (Å²) in [6, 6.07) is 0.846. The highest BCUT2D eigenvalue weighted by Gasteiger charge is 2.28. The average molecular weight is 238 g/mol. The lowest BCUT2D eigenvalue weighted by atomic mass is 10.4. The normalized spacial score (nSPS) is 20.4. The third-order valence-corrected chi connectivity index (χ3v) is 3.98. The van der Waals surface area contributed by atoms with Crippen LogP contribution >= 0.6 is 11.5 Å². The second kappa shape index (κ2) is 4.30. The van der Waals surface area contributed by atoms with E-state index in [4.69, 9.17) is 0 Å². The maximum atomic E-state index is 4.51. The van der Waals surface area contributed by atoms with E-state index in [0.717, 1.165) is 30.1 Å². The van der Waals surface area contributed by atoms with Crippen LogP contribution in [0.1, 0.15) is 37.4 Å². The highest BCUT2D eigenvalue weighted by Crippen LogP contribution is 2.39. The Kier molecular flexibility index (Phi) is 2.81. The maximum absolute atomic E-state index is 4.51. The molecule has 0 aliphatic heterocycles. The molecule has 0 saturated heterocycles. The summed E-state index contributed by atoms with van der Waals surface area (Å²) in [5.74, 6) is 1.73. The Morgan fingerprint density at radius 3 is 2.88 bits per heavy atom. The van der Waals surface area contributed by atoms with Gasteiger partial charge in [0, 0.05) is 36.6 Å². The number of hydrogen-bond acceptors (Lipinski definition) is 5. The van der Waals surface area contributed by atoms with E-state index >= 15 is 0 Å². The van der Waals surface area contributed by atoms with Crippen LogP contribution in [0.15, 0.2) is 0 Å². The van der Waals surface area contributed by atoms with Gasteiger partial charge in [-0.1, -0.05) is 0 Å². The summed E-state index contributed by atoms with van der Waals surface area (Å²) in [6.45, 7) is 2.08. The molecule has 5 heteroatoms. The van der Waals surface area contributed by atoms with Crippen molar-refractivity contribution in [2.45, 2.75) is 37.6 Å². The Morgan fingerprint density at radius 1 is 1.38 bits per heavy atom. The standard InChI is InChI=1S/C11H18N4S/c1-15(9-4-5-9)7-6-12-11-13-10(14-16-11)8-2-3-8/h8-9H,2-7H2,1H3,(H,12,13,14). The van der Waals surface area contributed by atoms with Crippen LogP contribution in [0, 0.1) is 0 Å². The molecule has 1 heterocycles. The highest BCUT2D eigenvalue weighted by atomic mass is 32.1. The lowest BCUT2D eigenvalue weighted by Crippen LogP contribution is -2.26. The highest BCUT2D eigenvalue weighted by molar-refractivity contribution is 7.09. The van der Waals surface area contributed by atoms with Gasteiger partial charge in [0.1, 0.15) is 5.82 Å². The summed E-state index contributed by atoms with van der Waals surface area (Å²) in [6.07, 6.45) is 5.31. The smallest absolute Gasteiger partial charge is 0.202 e. The number of rotatable bonds is 6. The minimum atomic E-state index is 0.668. The van der Waals surface area contributed by atoms with Crippen molar-refractivity contribution >= 4 is 16.7 Å². The molecular formula is C11H18N4S. The molecule has 3 rings (SSSR count). The number of likely N-dealkylation sites (N-methyl/N-ethyl adjacent to an activating group) is 1. The van der Waals surface area contributed by atoms with Gasteiger partial charge in [-0.25, -0.2) is 4.98 Å². The molecule has 0 bridgehead atoms. The van der Waals surface area contributed by atoms with E-state index in [9.17, 15) is 0 Å². The molecule has 2 aliphatic rings. The SMILES string of the molecule is CN(CCNc1nc(C2CC2)ns1)C1CC1. The van der Waals surface area contributed by atoms with Crippen molar-refractivity contribution in [1.82, 2.24) is 14.3 Å². The molecule has 1 aromatic heterocycles. The third kappa shape index (κ3) is 2.52. The first-order valence-corrected chi connectivity index (χ1v) is 6.88. The summed E-state index contributed by atoms with van der Waals surface area (Å²) in [5, 5.41) is 4.36. The van der Waals surface area contributed by atoms with Gasteiger partial charge in [-0.2, -0.15) is 4.37 Å². The Morgan fingerprint density at radius 2 is 2.19 bits per heavy atom. The van der Waals surface area contributed by atoms with Gasteiger partial charge in [-0.05, 0) is 32.7 Å². The van der Waals surface area contributed by atoms with Crippen molar-refractivity contribution in [2.75, 3.05) is 25.5 Å². The van der Waals surface area contributed by atoms with Crippen molar-refractivity contribution in [3.8, 4) is 0 Å². The molecule has 0 spiro atoms. The first kappa shape index (κ1) is 10.5. The molecule has 0 unspecified atom stereocenters. The van der Waals surface area contributed by atoms with Crippen molar-refractivity contribution < 1.29 is 0 Å². The molecule has 88 valence electrons. The minimum absolute atomic E-state index is 0.668. The summed E-state index contributed by atoms with van der Waals surface area (Å²) < 4.78 is 4.38. The van der Waals surface area contributed by atoms with E-state index in [1.54, 1.807) is 0 Å². The van der Waals surface area contributed by atoms with E-state index < -0.39 is 0 Å². The molecule has 0 radical (unpaired) electrons. The molecule has 0 aromatic carbocycles. The Bertz CT molecular complexity index is 357. The van der Waals surface area contributed by atoms with Gasteiger partial charge in [0.15, 0.2) is 0 Å². The third-order valence-electron chi connectivity index (χ3n) is 3.30. The van der Waals surface area contributed by atoms with Crippen LogP contribution in [0.25, 0.3) is 0 Å². The van der Waals surface area contributed by atoms with Gasteiger partial charge in [0.25, 0.3) is 0 Å². The van der Waals surface area contributed by atoms with Crippen LogP contribution in [0.3, 0.4) is 0 Å². The molecule has 1 aromatic rings. The molecule has 2 saturated carbocycles. The van der Waals surface area contributed by atoms with Gasteiger partial charge >= 0.3 is 0 Å². The van der Waals surface area contributed by atoms with Crippen LogP contribution < -0.4 is 5.32 Å². The zero-order chi connectivity index (χ0) is 11.0. The fourth-order valence-electron chi connectivity index (χ4n) is 1.85. The molecular weight excluding hydrogens is 220 g/mol. The lowest BCUT2D eigenvalue weighted by Gasteiger charge is -2.14. The number of nitrogens with one attached hydrogen (secondary N) is 1. The van der Waals surface area contributed by atoms with E-state index in [0.29, 0.717) is 5.92 Å². The van der Waals surface area contributed by atoms with Crippen molar-refractivity contribution in [2.24, 2.45) is 0 Å². The zero-order valence-corrected chi connectivity index (χ0v) is 10.5. The molecule has 2 fully saturated rings. The van der Waals surface area contributed by atoms with Crippen molar-refractivity contribution in [3.05, 3.63) is 5.82 Å². The van der Waals surface area contributed by atoms with E-state index in [1.165, 1.54) is 37.2 Å². The number of anilines is 1. The van der Waals surface area contributed by atoms with Gasteiger partial charge < -0.3 is 10.2 Å². The van der Waals surface area contributed by atoms with Crippen LogP contribution in [0.2, 0.25) is 0 Å². The summed E-state index contributed by atoms with van der Waals surface area (Å²) in [4.78, 5) is 6.93. The monoisotopic (exact) mass is 238 g/mol. The second-order valence-corrected chi connectivity index (χ2v) is 5.62. The topological polar surface area (TPSA) is 41.0 Å². The van der Waals surface area contributed by atoms with Gasteiger partial charge in [-0.15, -0.1) is 0 Å². The van der Waals surface area contributed by atoms with Crippen LogP contribution in [0.4, 0.5) is 5.13 Å². The van der Waals surface area contributed by atoms with Crippen LogP contribution in [-0.4, -0.2) is 40.4 Å². The largest absolute Gasteiger partial charge is 0.359 e. The van der Waals surface area contributed by atoms with E-state index in [1.807, 2.05) is 0 Å². The quantitative estimate of drug-likeness (QED) is 0.822. The van der Waals surface area contributed by atoms with Gasteiger partial charge in [0.05, 0.1) is 0 Å². The molecule has 1 N–H and O–H groups in total. The van der Waals surface area contributed by atoms with E-state index in [2.05, 4.69) is 26.6 Å². The second-order valence-electron chi connectivity index (χ2n) is 4.87. The molecule has 0 amide bonds. The number of aromatic nitrogens is 2. The van der Waals surface area contributed by atoms with E-state index in [-0.39, 0.29) is 0 Å². The minimum Gasteiger partial charge on any atom is -0.359 e. The van der Waals surface area contributed by atoms with Crippen molar-refractivity contribution in [1.29, 1.82) is 0 Å². The fourth-order valence-corrected chi connectivity index (χ4v) is 2.52. The number of nitrogens with zero attached hydrogens (tertiary/aromatic N) is 3. The molecule has 0 atom stereocenters. The number of hydrogen-bond donors (Lipinski definition) is 1. The summed E-state index contributed by atoms with van der Waals surface area (Å²) in [5.41, 5.74) is 0. The summed E-state index contributed by atoms with van der Waals surface area (Å²) in [7, 11) is 2.20. The molecule has 2 aliphatic carbocycles. The fraction of sp³-hybridized carbons (Fsp3) is 0.818. The lowest BCUT2D eigenvalue weighted by molar-refractivity contribution is 0.337. The first-order valence-electron chi connectivity index (χ1n) is 6.10. The average Bonchev–Trinajstić information content (AvgIpc) is 3.17. The summed E-state index contributed by atoms with van der Waals surface area (Å²) >= 11 is 1.50. The molecule has 16 heavy (non-hydrogen) atoms. The first-order chi connectivity index (χ1) is 7.83. The predicted molar refractivity (Wildman–Crippen MR) is 66.0 cm³/mol. The predicted octanol–water partition coefficient (Wildman–Crippen LogP) is 1.92. The van der Waals surface area contributed by atoms with Crippen LogP contribution in [-0.2, 0) is 0 Å². The maximum Gasteiger partial charge on any atom is 0.202 e. The van der Waals surface area contributed by atoms with Crippen LogP contribution in [0.5, 0.6) is 0 Å². The Labute approximate surface area is 100 Å². The van der Waals surface area contributed by atoms with Gasteiger partial charge in [-0.3, -0.25) is 0 Å².